The Labute approximate surface area is 99.3 Å². The fourth-order valence-corrected chi connectivity index (χ4v) is 1.06. The van der Waals surface area contributed by atoms with E-state index in [1.54, 1.807) is 0 Å². The van der Waals surface area contributed by atoms with Crippen LogP contribution in [-0.2, 0) is 22.3 Å². The molecule has 9 heteroatoms. The summed E-state index contributed by atoms with van der Waals surface area (Å²) >= 11 is 0. The summed E-state index contributed by atoms with van der Waals surface area (Å²) in [5.41, 5.74) is -1.57. The molecule has 18 heavy (non-hydrogen) atoms. The van der Waals surface area contributed by atoms with Crippen molar-refractivity contribution in [3.8, 4) is 0 Å². The number of aromatic carboxylic acids is 1. The van der Waals surface area contributed by atoms with Gasteiger partial charge in [-0.05, 0) is 0 Å². The summed E-state index contributed by atoms with van der Waals surface area (Å²) in [7, 11) is 1.43. The van der Waals surface area contributed by atoms with E-state index in [1.807, 2.05) is 0 Å². The van der Waals surface area contributed by atoms with Crippen LogP contribution in [0.2, 0.25) is 0 Å². The minimum absolute atomic E-state index is 0.128. The van der Waals surface area contributed by atoms with Gasteiger partial charge in [0.05, 0.1) is 13.2 Å². The molecular weight excluding hydrogens is 259 g/mol. The number of carboxylic acids is 1. The van der Waals surface area contributed by atoms with Gasteiger partial charge in [0, 0.05) is 7.11 Å². The number of methoxy groups -OCH3 is 1. The summed E-state index contributed by atoms with van der Waals surface area (Å²) in [4.78, 5) is 13.6. The van der Waals surface area contributed by atoms with Gasteiger partial charge in [-0.1, -0.05) is 0 Å². The maximum atomic E-state index is 12.4. The van der Waals surface area contributed by atoms with Gasteiger partial charge in [-0.2, -0.15) is 13.2 Å². The number of halogens is 3. The predicted molar refractivity (Wildman–Crippen MR) is 50.0 cm³/mol. The van der Waals surface area contributed by atoms with Crippen LogP contribution in [0.1, 0.15) is 22.1 Å². The number of alkyl halides is 3. The lowest BCUT2D eigenvalue weighted by molar-refractivity contribution is -0.141. The molecule has 102 valence electrons. The summed E-state index contributed by atoms with van der Waals surface area (Å²) in [6.07, 6.45) is -4.89. The Bertz CT molecular complexity index is 415. The largest absolute Gasteiger partial charge is 0.475 e. The number of hydrogen-bond donors (Lipinski definition) is 1. The van der Waals surface area contributed by atoms with Gasteiger partial charge >= 0.3 is 12.1 Å². The van der Waals surface area contributed by atoms with Crippen molar-refractivity contribution in [2.75, 3.05) is 20.3 Å². The lowest BCUT2D eigenvalue weighted by atomic mass is 10.3. The molecule has 1 N–H and O–H groups in total. The van der Waals surface area contributed by atoms with Gasteiger partial charge in [0.2, 0.25) is 11.7 Å². The highest BCUT2D eigenvalue weighted by Gasteiger charge is 2.41. The van der Waals surface area contributed by atoms with E-state index in [4.69, 9.17) is 9.84 Å². The van der Waals surface area contributed by atoms with Gasteiger partial charge in [0.15, 0.2) is 5.69 Å². The van der Waals surface area contributed by atoms with Gasteiger partial charge in [0.1, 0.15) is 6.61 Å². The molecule has 0 radical (unpaired) electrons. The molecule has 0 unspecified atom stereocenters. The molecule has 0 amide bonds. The van der Waals surface area contributed by atoms with Crippen LogP contribution in [0.4, 0.5) is 13.2 Å². The van der Waals surface area contributed by atoms with E-state index >= 15 is 0 Å². The van der Waals surface area contributed by atoms with E-state index in [0.29, 0.717) is 0 Å². The monoisotopic (exact) mass is 269 g/mol. The summed E-state index contributed by atoms with van der Waals surface area (Å²) in [6, 6.07) is 0. The molecule has 0 saturated carbocycles. The second-order valence-electron chi connectivity index (χ2n) is 3.13. The van der Waals surface area contributed by atoms with Crippen LogP contribution in [0.25, 0.3) is 0 Å². The van der Waals surface area contributed by atoms with E-state index in [-0.39, 0.29) is 19.8 Å². The first-order valence-corrected chi connectivity index (χ1v) is 4.73. The van der Waals surface area contributed by atoms with Crippen molar-refractivity contribution in [2.24, 2.45) is 0 Å². The third kappa shape index (κ3) is 3.70. The Morgan fingerprint density at radius 1 is 1.44 bits per heavy atom. The average molecular weight is 269 g/mol. The maximum Gasteiger partial charge on any atom is 0.437 e. The SMILES string of the molecule is COCCOCc1nc(C(F)(F)F)c(C(=O)O)o1. The van der Waals surface area contributed by atoms with Crippen molar-refractivity contribution in [1.29, 1.82) is 0 Å². The van der Waals surface area contributed by atoms with Crippen LogP contribution in [0.3, 0.4) is 0 Å². The molecule has 0 bridgehead atoms. The molecule has 1 aromatic heterocycles. The minimum atomic E-state index is -4.89. The third-order valence-corrected chi connectivity index (χ3v) is 1.79. The number of carboxylic acid groups (broad SMARTS) is 1. The summed E-state index contributed by atoms with van der Waals surface area (Å²) in [6.45, 7) is 0.0149. The first-order chi connectivity index (χ1) is 8.36. The van der Waals surface area contributed by atoms with Crippen molar-refractivity contribution >= 4 is 5.97 Å². The molecule has 0 fully saturated rings. The molecule has 1 heterocycles. The third-order valence-electron chi connectivity index (χ3n) is 1.79. The standard InChI is InChI=1S/C9H10F3NO5/c1-16-2-3-17-4-5-13-7(9(10,11)12)6(18-5)8(14)15/h2-4H2,1H3,(H,14,15). The van der Waals surface area contributed by atoms with Crippen molar-refractivity contribution in [3.05, 3.63) is 17.3 Å². The highest BCUT2D eigenvalue weighted by molar-refractivity contribution is 5.85. The molecular formula is C9H10F3NO5. The maximum absolute atomic E-state index is 12.4. The number of aromatic nitrogens is 1. The van der Waals surface area contributed by atoms with Gasteiger partial charge in [-0.15, -0.1) is 0 Å². The van der Waals surface area contributed by atoms with Crippen molar-refractivity contribution in [3.63, 3.8) is 0 Å². The summed E-state index contributed by atoms with van der Waals surface area (Å²) < 4.78 is 51.3. The van der Waals surface area contributed by atoms with Crippen LogP contribution >= 0.6 is 0 Å². The van der Waals surface area contributed by atoms with E-state index in [1.165, 1.54) is 7.11 Å². The van der Waals surface area contributed by atoms with Crippen LogP contribution in [0.15, 0.2) is 4.42 Å². The number of hydrogen-bond acceptors (Lipinski definition) is 5. The van der Waals surface area contributed by atoms with Crippen molar-refractivity contribution in [1.82, 2.24) is 4.98 Å². The van der Waals surface area contributed by atoms with Gasteiger partial charge in [-0.25, -0.2) is 9.78 Å². The molecule has 0 atom stereocenters. The van der Waals surface area contributed by atoms with Gasteiger partial charge < -0.3 is 19.0 Å². The van der Waals surface area contributed by atoms with E-state index < -0.39 is 29.5 Å². The average Bonchev–Trinajstić information content (AvgIpc) is 2.68. The molecule has 1 rings (SSSR count). The van der Waals surface area contributed by atoms with Gasteiger partial charge in [0.25, 0.3) is 0 Å². The Hall–Kier alpha value is -1.61. The minimum Gasteiger partial charge on any atom is -0.475 e. The number of nitrogens with zero attached hydrogens (tertiary/aromatic N) is 1. The second kappa shape index (κ2) is 5.83. The quantitative estimate of drug-likeness (QED) is 0.789. The molecule has 0 aliphatic rings. The topological polar surface area (TPSA) is 81.8 Å². The molecule has 1 aromatic rings. The second-order valence-corrected chi connectivity index (χ2v) is 3.13. The first kappa shape index (κ1) is 14.5. The Morgan fingerprint density at radius 2 is 2.11 bits per heavy atom. The van der Waals surface area contributed by atoms with E-state index in [2.05, 4.69) is 14.1 Å². The lowest BCUT2D eigenvalue weighted by Gasteiger charge is -2.01. The fraction of sp³-hybridized carbons (Fsp3) is 0.556. The highest BCUT2D eigenvalue weighted by atomic mass is 19.4. The Kier molecular flexibility index (Phi) is 4.68. The normalized spacial score (nSPS) is 11.8. The zero-order valence-electron chi connectivity index (χ0n) is 9.28. The predicted octanol–water partition coefficient (Wildman–Crippen LogP) is 1.55. The fourth-order valence-electron chi connectivity index (χ4n) is 1.06. The smallest absolute Gasteiger partial charge is 0.437 e. The zero-order valence-corrected chi connectivity index (χ0v) is 9.28. The van der Waals surface area contributed by atoms with Crippen LogP contribution in [0.5, 0.6) is 0 Å². The number of ether oxygens (including phenoxy) is 2. The Balaban J connectivity index is 2.80. The van der Waals surface area contributed by atoms with E-state index in [0.717, 1.165) is 0 Å². The lowest BCUT2D eigenvalue weighted by Crippen LogP contribution is -2.11. The van der Waals surface area contributed by atoms with Crippen LogP contribution in [-0.4, -0.2) is 36.4 Å². The van der Waals surface area contributed by atoms with Crippen molar-refractivity contribution in [2.45, 2.75) is 12.8 Å². The summed E-state index contributed by atoms with van der Waals surface area (Å²) in [5.74, 6) is -3.53. The van der Waals surface area contributed by atoms with Crippen LogP contribution < -0.4 is 0 Å². The van der Waals surface area contributed by atoms with Crippen LogP contribution in [0, 0.1) is 0 Å². The number of rotatable bonds is 6. The van der Waals surface area contributed by atoms with E-state index in [9.17, 15) is 18.0 Å². The molecule has 0 spiro atoms. The molecule has 0 aliphatic carbocycles. The molecule has 0 saturated heterocycles. The first-order valence-electron chi connectivity index (χ1n) is 4.73. The molecule has 6 nitrogen and oxygen atoms in total. The molecule has 0 aliphatic heterocycles. The Morgan fingerprint density at radius 3 is 2.56 bits per heavy atom. The zero-order chi connectivity index (χ0) is 13.8. The number of carbonyl (C=O) groups is 1. The highest BCUT2D eigenvalue weighted by Crippen LogP contribution is 2.31. The van der Waals surface area contributed by atoms with Gasteiger partial charge in [-0.3, -0.25) is 0 Å². The molecule has 0 aromatic carbocycles. The summed E-state index contributed by atoms with van der Waals surface area (Å²) in [5, 5.41) is 8.56. The van der Waals surface area contributed by atoms with Crippen molar-refractivity contribution < 1.29 is 37.0 Å². The number of oxazole rings is 1.